The molecule has 0 bridgehead atoms. The van der Waals surface area contributed by atoms with Gasteiger partial charge in [0, 0.05) is 24.5 Å². The Hall–Kier alpha value is -3.52. The van der Waals surface area contributed by atoms with E-state index in [1.807, 2.05) is 36.6 Å². The zero-order valence-electron chi connectivity index (χ0n) is 17.6. The Labute approximate surface area is 190 Å². The Kier molecular flexibility index (Phi) is 8.51. The van der Waals surface area contributed by atoms with Crippen LogP contribution in [-0.4, -0.2) is 29.9 Å². The normalized spacial score (nSPS) is 10.8. The lowest BCUT2D eigenvalue weighted by Crippen LogP contribution is -2.34. The molecule has 3 rings (SSSR count). The molecule has 2 N–H and O–H groups in total. The van der Waals surface area contributed by atoms with E-state index in [0.717, 1.165) is 21.8 Å². The van der Waals surface area contributed by atoms with Crippen molar-refractivity contribution in [3.63, 3.8) is 0 Å². The molecule has 0 fully saturated rings. The van der Waals surface area contributed by atoms with Crippen LogP contribution in [0.2, 0.25) is 0 Å². The van der Waals surface area contributed by atoms with Crippen LogP contribution in [0, 0.1) is 12.7 Å². The molecule has 2 aromatic carbocycles. The van der Waals surface area contributed by atoms with Crippen LogP contribution in [0.15, 0.2) is 60.0 Å². The molecule has 32 heavy (non-hydrogen) atoms. The SMILES string of the molecule is Cc1nc(COc2cccc(/C=C/C(=O)NCCNC(=O)Cc3ccc(F)cc3)c2)cs1. The minimum absolute atomic E-state index is 0.161. The fraction of sp³-hybridized carbons (Fsp3) is 0.208. The summed E-state index contributed by atoms with van der Waals surface area (Å²) in [7, 11) is 0. The van der Waals surface area contributed by atoms with Crippen molar-refractivity contribution in [2.75, 3.05) is 13.1 Å². The topological polar surface area (TPSA) is 80.3 Å². The molecule has 8 heteroatoms. The summed E-state index contributed by atoms with van der Waals surface area (Å²) in [6.45, 7) is 2.95. The Balaban J connectivity index is 1.36. The molecule has 6 nitrogen and oxygen atoms in total. The number of aryl methyl sites for hydroxylation is 1. The lowest BCUT2D eigenvalue weighted by atomic mass is 10.1. The second kappa shape index (κ2) is 11.8. The predicted molar refractivity (Wildman–Crippen MR) is 123 cm³/mol. The highest BCUT2D eigenvalue weighted by atomic mass is 32.1. The maximum atomic E-state index is 12.9. The average Bonchev–Trinajstić information content (AvgIpc) is 3.21. The fourth-order valence-corrected chi connectivity index (χ4v) is 3.41. The first-order chi connectivity index (χ1) is 15.5. The molecule has 2 amide bonds. The lowest BCUT2D eigenvalue weighted by Gasteiger charge is -2.06. The van der Waals surface area contributed by atoms with Crippen molar-refractivity contribution in [2.24, 2.45) is 0 Å². The van der Waals surface area contributed by atoms with Gasteiger partial charge in [-0.25, -0.2) is 9.37 Å². The second-order valence-electron chi connectivity index (χ2n) is 7.00. The molecule has 3 aromatic rings. The number of nitrogens with one attached hydrogen (secondary N) is 2. The third-order valence-corrected chi connectivity index (χ3v) is 5.19. The van der Waals surface area contributed by atoms with Crippen LogP contribution in [0.3, 0.4) is 0 Å². The summed E-state index contributed by atoms with van der Waals surface area (Å²) in [6, 6.07) is 13.2. The van der Waals surface area contributed by atoms with E-state index < -0.39 is 0 Å². The number of halogens is 1. The summed E-state index contributed by atoms with van der Waals surface area (Å²) in [6.07, 6.45) is 3.29. The van der Waals surface area contributed by atoms with Crippen LogP contribution in [-0.2, 0) is 22.6 Å². The molecule has 1 heterocycles. The number of nitrogens with zero attached hydrogens (tertiary/aromatic N) is 1. The molecule has 0 aliphatic rings. The molecule has 0 aliphatic heterocycles. The fourth-order valence-electron chi connectivity index (χ4n) is 2.81. The van der Waals surface area contributed by atoms with Crippen LogP contribution in [0.4, 0.5) is 4.39 Å². The molecule has 0 aliphatic carbocycles. The molecule has 1 aromatic heterocycles. The van der Waals surface area contributed by atoms with Crippen molar-refractivity contribution in [2.45, 2.75) is 20.0 Å². The van der Waals surface area contributed by atoms with Gasteiger partial charge in [-0.2, -0.15) is 0 Å². The van der Waals surface area contributed by atoms with Gasteiger partial charge in [0.25, 0.3) is 0 Å². The highest BCUT2D eigenvalue weighted by Crippen LogP contribution is 2.17. The maximum Gasteiger partial charge on any atom is 0.244 e. The first-order valence-corrected chi connectivity index (χ1v) is 11.0. The van der Waals surface area contributed by atoms with Gasteiger partial charge in [0.15, 0.2) is 0 Å². The number of carbonyl (C=O) groups excluding carboxylic acids is 2. The van der Waals surface area contributed by atoms with Crippen molar-refractivity contribution >= 4 is 29.2 Å². The molecule has 0 unspecified atom stereocenters. The number of benzene rings is 2. The second-order valence-corrected chi connectivity index (χ2v) is 8.06. The quantitative estimate of drug-likeness (QED) is 0.363. The van der Waals surface area contributed by atoms with E-state index in [-0.39, 0.29) is 24.1 Å². The van der Waals surface area contributed by atoms with Crippen LogP contribution in [0.5, 0.6) is 5.75 Å². The first kappa shape index (κ1) is 23.1. The number of hydrogen-bond donors (Lipinski definition) is 2. The zero-order chi connectivity index (χ0) is 22.8. The number of thiazole rings is 1. The Bertz CT molecular complexity index is 1080. The Morgan fingerprint density at radius 1 is 1.12 bits per heavy atom. The molecule has 166 valence electrons. The highest BCUT2D eigenvalue weighted by Gasteiger charge is 2.04. The number of hydrogen-bond acceptors (Lipinski definition) is 5. The minimum Gasteiger partial charge on any atom is -0.487 e. The number of aromatic nitrogens is 1. The van der Waals surface area contributed by atoms with Crippen molar-refractivity contribution in [3.05, 3.63) is 87.6 Å². The monoisotopic (exact) mass is 453 g/mol. The first-order valence-electron chi connectivity index (χ1n) is 10.1. The van der Waals surface area contributed by atoms with Gasteiger partial charge in [-0.3, -0.25) is 9.59 Å². The minimum atomic E-state index is -0.338. The van der Waals surface area contributed by atoms with Crippen LogP contribution in [0.25, 0.3) is 6.08 Å². The van der Waals surface area contributed by atoms with E-state index in [0.29, 0.717) is 25.4 Å². The standard InChI is InChI=1S/C24H24FN3O3S/c1-17-28-21(16-32-17)15-31-22-4-2-3-18(13-22)7-10-23(29)26-11-12-27-24(30)14-19-5-8-20(25)9-6-19/h2-10,13,16H,11-12,14-15H2,1H3,(H,26,29)(H,27,30)/b10-7+. The Morgan fingerprint density at radius 2 is 1.91 bits per heavy atom. The number of carbonyl (C=O) groups is 2. The summed E-state index contributed by atoms with van der Waals surface area (Å²) in [4.78, 5) is 28.2. The summed E-state index contributed by atoms with van der Waals surface area (Å²) < 4.78 is 18.6. The third-order valence-electron chi connectivity index (χ3n) is 4.36. The largest absolute Gasteiger partial charge is 0.487 e. The Morgan fingerprint density at radius 3 is 2.66 bits per heavy atom. The molecule has 0 spiro atoms. The maximum absolute atomic E-state index is 12.9. The van der Waals surface area contributed by atoms with Crippen LogP contribution in [0.1, 0.15) is 21.8 Å². The van der Waals surface area contributed by atoms with E-state index in [9.17, 15) is 14.0 Å². The van der Waals surface area contributed by atoms with Gasteiger partial charge in [-0.15, -0.1) is 11.3 Å². The summed E-state index contributed by atoms with van der Waals surface area (Å²) in [5.74, 6) is -0.0926. The number of rotatable bonds is 10. The van der Waals surface area contributed by atoms with Gasteiger partial charge in [0.1, 0.15) is 18.2 Å². The van der Waals surface area contributed by atoms with Crippen molar-refractivity contribution in [1.82, 2.24) is 15.6 Å². The van der Waals surface area contributed by atoms with Gasteiger partial charge in [-0.05, 0) is 48.4 Å². The number of amides is 2. The smallest absolute Gasteiger partial charge is 0.244 e. The lowest BCUT2D eigenvalue weighted by molar-refractivity contribution is -0.121. The van der Waals surface area contributed by atoms with Crippen molar-refractivity contribution in [1.29, 1.82) is 0 Å². The highest BCUT2D eigenvalue weighted by molar-refractivity contribution is 7.09. The van der Waals surface area contributed by atoms with Gasteiger partial charge in [-0.1, -0.05) is 24.3 Å². The molecule has 0 radical (unpaired) electrons. The molecular weight excluding hydrogens is 429 g/mol. The summed E-state index contributed by atoms with van der Waals surface area (Å²) >= 11 is 1.58. The van der Waals surface area contributed by atoms with Crippen molar-refractivity contribution < 1.29 is 18.7 Å². The van der Waals surface area contributed by atoms with Gasteiger partial charge in [0.05, 0.1) is 17.1 Å². The molecule has 0 saturated heterocycles. The average molecular weight is 454 g/mol. The van der Waals surface area contributed by atoms with Crippen LogP contribution < -0.4 is 15.4 Å². The third kappa shape index (κ3) is 7.96. The van der Waals surface area contributed by atoms with E-state index in [4.69, 9.17) is 4.74 Å². The molecular formula is C24H24FN3O3S. The van der Waals surface area contributed by atoms with Gasteiger partial charge < -0.3 is 15.4 Å². The van der Waals surface area contributed by atoms with Crippen molar-refractivity contribution in [3.8, 4) is 5.75 Å². The van der Waals surface area contributed by atoms with Gasteiger partial charge in [0.2, 0.25) is 11.8 Å². The van der Waals surface area contributed by atoms with E-state index in [1.165, 1.54) is 18.2 Å². The summed E-state index contributed by atoms with van der Waals surface area (Å²) in [5.41, 5.74) is 2.45. The van der Waals surface area contributed by atoms with E-state index in [1.54, 1.807) is 29.5 Å². The zero-order valence-corrected chi connectivity index (χ0v) is 18.5. The predicted octanol–water partition coefficient (Wildman–Crippen LogP) is 3.66. The summed E-state index contributed by atoms with van der Waals surface area (Å²) in [5, 5.41) is 8.40. The van der Waals surface area contributed by atoms with E-state index >= 15 is 0 Å². The van der Waals surface area contributed by atoms with Gasteiger partial charge >= 0.3 is 0 Å². The van der Waals surface area contributed by atoms with Crippen LogP contribution >= 0.6 is 11.3 Å². The number of ether oxygens (including phenoxy) is 1. The molecule has 0 atom stereocenters. The molecule has 0 saturated carbocycles. The van der Waals surface area contributed by atoms with E-state index in [2.05, 4.69) is 15.6 Å².